The number of carbonyl (C=O) groups excluding carboxylic acids is 2. The first-order valence-corrected chi connectivity index (χ1v) is 6.31. The zero-order valence-electron chi connectivity index (χ0n) is 12.3. The summed E-state index contributed by atoms with van der Waals surface area (Å²) in [5.41, 5.74) is -0.806. The molecule has 21 heavy (non-hydrogen) atoms. The second kappa shape index (κ2) is 6.51. The Morgan fingerprint density at radius 3 is 2.14 bits per heavy atom. The van der Waals surface area contributed by atoms with Crippen molar-refractivity contribution in [3.8, 4) is 5.75 Å². The van der Waals surface area contributed by atoms with Crippen LogP contribution >= 0.6 is 0 Å². The molecule has 0 bridgehead atoms. The molecule has 2 amide bonds. The molecule has 7 heteroatoms. The summed E-state index contributed by atoms with van der Waals surface area (Å²) in [4.78, 5) is 22.1. The van der Waals surface area contributed by atoms with E-state index >= 15 is 0 Å². The lowest BCUT2D eigenvalue weighted by molar-refractivity contribution is -0.122. The van der Waals surface area contributed by atoms with Crippen molar-refractivity contribution in [2.75, 3.05) is 11.9 Å². The molecule has 116 valence electrons. The highest BCUT2D eigenvalue weighted by atomic mass is 19.1. The maximum absolute atomic E-state index is 13.8. The first kappa shape index (κ1) is 16.9. The second-order valence-corrected chi connectivity index (χ2v) is 5.44. The SMILES string of the molecule is CC(=O)NCC(=O)Nc1cc(F)c(OC(C)(C)C)c(F)c1. The number of carbonyl (C=O) groups is 2. The quantitative estimate of drug-likeness (QED) is 0.896. The monoisotopic (exact) mass is 300 g/mol. The number of rotatable bonds is 4. The summed E-state index contributed by atoms with van der Waals surface area (Å²) in [7, 11) is 0. The number of hydrogen-bond donors (Lipinski definition) is 2. The van der Waals surface area contributed by atoms with Crippen molar-refractivity contribution in [3.63, 3.8) is 0 Å². The van der Waals surface area contributed by atoms with Crippen molar-refractivity contribution in [3.05, 3.63) is 23.8 Å². The molecule has 5 nitrogen and oxygen atoms in total. The largest absolute Gasteiger partial charge is 0.482 e. The van der Waals surface area contributed by atoms with Gasteiger partial charge in [-0.3, -0.25) is 9.59 Å². The van der Waals surface area contributed by atoms with Gasteiger partial charge < -0.3 is 15.4 Å². The van der Waals surface area contributed by atoms with E-state index in [1.54, 1.807) is 20.8 Å². The Labute approximate surface area is 121 Å². The Bertz CT molecular complexity index is 531. The molecule has 0 aromatic heterocycles. The first-order valence-electron chi connectivity index (χ1n) is 6.31. The Hall–Kier alpha value is -2.18. The fourth-order valence-corrected chi connectivity index (χ4v) is 1.45. The van der Waals surface area contributed by atoms with Crippen molar-refractivity contribution >= 4 is 17.5 Å². The standard InChI is InChI=1S/C14H18F2N2O3/c1-8(19)17-7-12(20)18-9-5-10(15)13(11(16)6-9)21-14(2,3)4/h5-6H,7H2,1-4H3,(H,17,19)(H,18,20). The minimum atomic E-state index is -0.917. The summed E-state index contributed by atoms with van der Waals surface area (Å²) in [6.45, 7) is 5.96. The van der Waals surface area contributed by atoms with E-state index in [0.29, 0.717) is 0 Å². The molecule has 0 aliphatic rings. The molecule has 1 aromatic carbocycles. The molecule has 2 N–H and O–H groups in total. The van der Waals surface area contributed by atoms with Gasteiger partial charge in [-0.25, -0.2) is 8.78 Å². The van der Waals surface area contributed by atoms with Crippen molar-refractivity contribution < 1.29 is 23.1 Å². The van der Waals surface area contributed by atoms with E-state index in [0.717, 1.165) is 12.1 Å². The van der Waals surface area contributed by atoms with Gasteiger partial charge in [-0.15, -0.1) is 0 Å². The van der Waals surface area contributed by atoms with E-state index < -0.39 is 28.9 Å². The third-order valence-electron chi connectivity index (χ3n) is 2.19. The number of halogens is 2. The van der Waals surface area contributed by atoms with Crippen molar-refractivity contribution in [2.24, 2.45) is 0 Å². The summed E-state index contributed by atoms with van der Waals surface area (Å²) in [5.74, 6) is -3.30. The lowest BCUT2D eigenvalue weighted by Gasteiger charge is -2.22. The zero-order valence-corrected chi connectivity index (χ0v) is 12.3. The molecular formula is C14H18F2N2O3. The van der Waals surface area contributed by atoms with Crippen LogP contribution in [-0.2, 0) is 9.59 Å². The fraction of sp³-hybridized carbons (Fsp3) is 0.429. The normalized spacial score (nSPS) is 11.0. The Kier molecular flexibility index (Phi) is 5.23. The highest BCUT2D eigenvalue weighted by Crippen LogP contribution is 2.28. The third kappa shape index (κ3) is 5.76. The molecular weight excluding hydrogens is 282 g/mol. The molecule has 0 unspecified atom stereocenters. The number of hydrogen-bond acceptors (Lipinski definition) is 3. The highest BCUT2D eigenvalue weighted by molar-refractivity contribution is 5.94. The maximum atomic E-state index is 13.8. The van der Waals surface area contributed by atoms with Crippen LogP contribution in [0.2, 0.25) is 0 Å². The Morgan fingerprint density at radius 2 is 1.71 bits per heavy atom. The molecule has 0 fully saturated rings. The van der Waals surface area contributed by atoms with Crippen LogP contribution in [0.1, 0.15) is 27.7 Å². The van der Waals surface area contributed by atoms with E-state index in [9.17, 15) is 18.4 Å². The lowest BCUT2D eigenvalue weighted by atomic mass is 10.2. The van der Waals surface area contributed by atoms with Gasteiger partial charge in [0.1, 0.15) is 5.60 Å². The molecule has 1 aromatic rings. The molecule has 0 aliphatic carbocycles. The number of anilines is 1. The van der Waals surface area contributed by atoms with Crippen LogP contribution in [-0.4, -0.2) is 24.0 Å². The van der Waals surface area contributed by atoms with E-state index in [2.05, 4.69) is 10.6 Å². The fourth-order valence-electron chi connectivity index (χ4n) is 1.45. The predicted octanol–water partition coefficient (Wildman–Crippen LogP) is 2.22. The van der Waals surface area contributed by atoms with Gasteiger partial charge in [-0.2, -0.15) is 0 Å². The highest BCUT2D eigenvalue weighted by Gasteiger charge is 2.20. The Balaban J connectivity index is 2.83. The second-order valence-electron chi connectivity index (χ2n) is 5.44. The minimum absolute atomic E-state index is 0.0541. The van der Waals surface area contributed by atoms with Crippen LogP contribution in [0.5, 0.6) is 5.75 Å². The summed E-state index contributed by atoms with van der Waals surface area (Å²) in [6, 6.07) is 1.91. The average Bonchev–Trinajstić information content (AvgIpc) is 2.30. The maximum Gasteiger partial charge on any atom is 0.243 e. The lowest BCUT2D eigenvalue weighted by Crippen LogP contribution is -2.31. The van der Waals surface area contributed by atoms with Gasteiger partial charge in [0, 0.05) is 24.7 Å². The average molecular weight is 300 g/mol. The van der Waals surface area contributed by atoms with Gasteiger partial charge in [0.15, 0.2) is 17.4 Å². The minimum Gasteiger partial charge on any atom is -0.482 e. The van der Waals surface area contributed by atoms with Gasteiger partial charge >= 0.3 is 0 Å². The van der Waals surface area contributed by atoms with Crippen LogP contribution in [0.15, 0.2) is 12.1 Å². The van der Waals surface area contributed by atoms with Crippen LogP contribution in [0.25, 0.3) is 0 Å². The van der Waals surface area contributed by atoms with E-state index in [4.69, 9.17) is 4.74 Å². The van der Waals surface area contributed by atoms with Gasteiger partial charge in [0.2, 0.25) is 11.8 Å². The number of amides is 2. The molecule has 0 aliphatic heterocycles. The third-order valence-corrected chi connectivity index (χ3v) is 2.19. The summed E-state index contributed by atoms with van der Waals surface area (Å²) < 4.78 is 32.8. The first-order chi connectivity index (χ1) is 9.58. The predicted molar refractivity (Wildman–Crippen MR) is 74.1 cm³/mol. The topological polar surface area (TPSA) is 67.4 Å². The van der Waals surface area contributed by atoms with E-state index in [-0.39, 0.29) is 18.1 Å². The van der Waals surface area contributed by atoms with Crippen molar-refractivity contribution in [1.82, 2.24) is 5.32 Å². The number of benzene rings is 1. The molecule has 0 spiro atoms. The van der Waals surface area contributed by atoms with Gasteiger partial charge in [0.05, 0.1) is 6.54 Å². The summed E-state index contributed by atoms with van der Waals surface area (Å²) in [5, 5.41) is 4.55. The van der Waals surface area contributed by atoms with Crippen molar-refractivity contribution in [1.29, 1.82) is 0 Å². The molecule has 1 rings (SSSR count). The van der Waals surface area contributed by atoms with Gasteiger partial charge in [0.25, 0.3) is 0 Å². The van der Waals surface area contributed by atoms with Crippen LogP contribution in [0, 0.1) is 11.6 Å². The van der Waals surface area contributed by atoms with Crippen molar-refractivity contribution in [2.45, 2.75) is 33.3 Å². The molecule has 0 saturated heterocycles. The van der Waals surface area contributed by atoms with Crippen LogP contribution < -0.4 is 15.4 Å². The van der Waals surface area contributed by atoms with E-state index in [1.807, 2.05) is 0 Å². The van der Waals surface area contributed by atoms with Gasteiger partial charge in [-0.1, -0.05) is 0 Å². The van der Waals surface area contributed by atoms with E-state index in [1.165, 1.54) is 6.92 Å². The number of ether oxygens (including phenoxy) is 1. The van der Waals surface area contributed by atoms with Crippen LogP contribution in [0.4, 0.5) is 14.5 Å². The Morgan fingerprint density at radius 1 is 1.19 bits per heavy atom. The smallest absolute Gasteiger partial charge is 0.243 e. The van der Waals surface area contributed by atoms with Gasteiger partial charge in [-0.05, 0) is 20.8 Å². The summed E-state index contributed by atoms with van der Waals surface area (Å²) >= 11 is 0. The molecule has 0 radical (unpaired) electrons. The molecule has 0 saturated carbocycles. The molecule has 0 atom stereocenters. The molecule has 0 heterocycles. The number of nitrogens with one attached hydrogen (secondary N) is 2. The van der Waals surface area contributed by atoms with Crippen LogP contribution in [0.3, 0.4) is 0 Å². The summed E-state index contributed by atoms with van der Waals surface area (Å²) in [6.07, 6.45) is 0. The zero-order chi connectivity index (χ0) is 16.2.